The van der Waals surface area contributed by atoms with Crippen molar-refractivity contribution in [2.45, 2.75) is 39.3 Å². The Bertz CT molecular complexity index is 610. The monoisotopic (exact) mass is 286 g/mol. The summed E-state index contributed by atoms with van der Waals surface area (Å²) in [5.74, 6) is 0.338. The van der Waals surface area contributed by atoms with Crippen LogP contribution in [0.5, 0.6) is 0 Å². The molecule has 2 heterocycles. The van der Waals surface area contributed by atoms with Gasteiger partial charge < -0.3 is 4.90 Å². The molecule has 0 saturated heterocycles. The van der Waals surface area contributed by atoms with E-state index >= 15 is 0 Å². The number of anilines is 1. The number of fused-ring (bicyclic) bond motifs is 1. The standard InChI is InChI=1S/C16H18N2OS/c1-3-11(2)15-14(10-19)20-16(17-15)18-8-12-6-4-5-7-13(12)9-18/h4-7,10-11H,3,8-9H2,1-2H3. The Balaban J connectivity index is 1.90. The Labute approximate surface area is 123 Å². The van der Waals surface area contributed by atoms with Gasteiger partial charge in [0.05, 0.1) is 10.6 Å². The molecule has 1 aliphatic heterocycles. The van der Waals surface area contributed by atoms with E-state index < -0.39 is 0 Å². The molecule has 0 fully saturated rings. The smallest absolute Gasteiger partial charge is 0.186 e. The van der Waals surface area contributed by atoms with Gasteiger partial charge in [0, 0.05) is 13.1 Å². The number of rotatable bonds is 4. The lowest BCUT2D eigenvalue weighted by molar-refractivity contribution is 0.112. The summed E-state index contributed by atoms with van der Waals surface area (Å²) in [5, 5.41) is 0.971. The summed E-state index contributed by atoms with van der Waals surface area (Å²) >= 11 is 1.52. The molecule has 0 saturated carbocycles. The van der Waals surface area contributed by atoms with Gasteiger partial charge in [0.25, 0.3) is 0 Å². The van der Waals surface area contributed by atoms with Gasteiger partial charge in [-0.2, -0.15) is 0 Å². The van der Waals surface area contributed by atoms with E-state index in [9.17, 15) is 4.79 Å². The number of benzene rings is 1. The third-order valence-electron chi connectivity index (χ3n) is 3.97. The van der Waals surface area contributed by atoms with E-state index in [1.165, 1.54) is 22.5 Å². The number of nitrogens with zero attached hydrogens (tertiary/aromatic N) is 2. The van der Waals surface area contributed by atoms with Crippen molar-refractivity contribution in [1.82, 2.24) is 4.98 Å². The third kappa shape index (κ3) is 2.24. The first-order chi connectivity index (χ1) is 9.72. The maximum Gasteiger partial charge on any atom is 0.186 e. The molecular weight excluding hydrogens is 268 g/mol. The van der Waals surface area contributed by atoms with Gasteiger partial charge in [-0.3, -0.25) is 4.79 Å². The summed E-state index contributed by atoms with van der Waals surface area (Å²) in [6, 6.07) is 8.48. The Hall–Kier alpha value is -1.68. The van der Waals surface area contributed by atoms with E-state index in [1.54, 1.807) is 0 Å². The molecule has 1 unspecified atom stereocenters. The highest BCUT2D eigenvalue weighted by atomic mass is 32.1. The predicted molar refractivity (Wildman–Crippen MR) is 82.5 cm³/mol. The summed E-state index contributed by atoms with van der Waals surface area (Å²) in [6.45, 7) is 6.04. The zero-order valence-electron chi connectivity index (χ0n) is 11.8. The van der Waals surface area contributed by atoms with Gasteiger partial charge in [0.1, 0.15) is 0 Å². The summed E-state index contributed by atoms with van der Waals surface area (Å²) in [5.41, 5.74) is 3.68. The largest absolute Gasteiger partial charge is 0.339 e. The fourth-order valence-electron chi connectivity index (χ4n) is 2.57. The predicted octanol–water partition coefficient (Wildman–Crippen LogP) is 3.99. The molecule has 0 amide bonds. The van der Waals surface area contributed by atoms with E-state index in [0.29, 0.717) is 5.92 Å². The maximum atomic E-state index is 11.2. The summed E-state index contributed by atoms with van der Waals surface area (Å²) in [6.07, 6.45) is 1.95. The van der Waals surface area contributed by atoms with Crippen molar-refractivity contribution in [1.29, 1.82) is 0 Å². The minimum absolute atomic E-state index is 0.338. The van der Waals surface area contributed by atoms with Crippen molar-refractivity contribution in [3.05, 3.63) is 46.0 Å². The van der Waals surface area contributed by atoms with Gasteiger partial charge in [0.2, 0.25) is 0 Å². The number of aromatic nitrogens is 1. The average molecular weight is 286 g/mol. The third-order valence-corrected chi connectivity index (χ3v) is 5.02. The van der Waals surface area contributed by atoms with Crippen LogP contribution in [0, 0.1) is 0 Å². The molecule has 0 aliphatic carbocycles. The average Bonchev–Trinajstić information content (AvgIpc) is 3.09. The molecular formula is C16H18N2OS. The topological polar surface area (TPSA) is 33.2 Å². The maximum absolute atomic E-state index is 11.2. The second-order valence-corrected chi connectivity index (χ2v) is 6.31. The van der Waals surface area contributed by atoms with Crippen molar-refractivity contribution in [2.24, 2.45) is 0 Å². The minimum Gasteiger partial charge on any atom is -0.339 e. The first-order valence-corrected chi connectivity index (χ1v) is 7.82. The summed E-state index contributed by atoms with van der Waals surface area (Å²) in [7, 11) is 0. The van der Waals surface area contributed by atoms with Crippen molar-refractivity contribution >= 4 is 22.8 Å². The fraction of sp³-hybridized carbons (Fsp3) is 0.375. The van der Waals surface area contributed by atoms with Crippen molar-refractivity contribution in [3.8, 4) is 0 Å². The zero-order valence-corrected chi connectivity index (χ0v) is 12.6. The number of hydrogen-bond acceptors (Lipinski definition) is 4. The van der Waals surface area contributed by atoms with Gasteiger partial charge in [0.15, 0.2) is 11.4 Å². The molecule has 20 heavy (non-hydrogen) atoms. The highest BCUT2D eigenvalue weighted by Crippen LogP contribution is 2.35. The first-order valence-electron chi connectivity index (χ1n) is 7.00. The van der Waals surface area contributed by atoms with E-state index in [4.69, 9.17) is 4.98 Å². The Morgan fingerprint density at radius 3 is 2.55 bits per heavy atom. The van der Waals surface area contributed by atoms with Crippen LogP contribution in [0.2, 0.25) is 0 Å². The van der Waals surface area contributed by atoms with E-state index in [2.05, 4.69) is 43.0 Å². The van der Waals surface area contributed by atoms with Crippen LogP contribution in [0.15, 0.2) is 24.3 Å². The van der Waals surface area contributed by atoms with Crippen LogP contribution in [0.1, 0.15) is 52.7 Å². The molecule has 104 valence electrons. The van der Waals surface area contributed by atoms with Crippen molar-refractivity contribution in [2.75, 3.05) is 4.90 Å². The van der Waals surface area contributed by atoms with Crippen LogP contribution in [-0.2, 0) is 13.1 Å². The lowest BCUT2D eigenvalue weighted by Crippen LogP contribution is -2.14. The zero-order chi connectivity index (χ0) is 14.1. The Morgan fingerprint density at radius 1 is 1.35 bits per heavy atom. The quantitative estimate of drug-likeness (QED) is 0.797. The van der Waals surface area contributed by atoms with Crippen LogP contribution in [0.3, 0.4) is 0 Å². The normalized spacial score (nSPS) is 15.2. The highest BCUT2D eigenvalue weighted by Gasteiger charge is 2.24. The van der Waals surface area contributed by atoms with Crippen LogP contribution in [-0.4, -0.2) is 11.3 Å². The van der Waals surface area contributed by atoms with E-state index in [0.717, 1.165) is 41.5 Å². The second-order valence-electron chi connectivity index (χ2n) is 5.30. The lowest BCUT2D eigenvalue weighted by atomic mass is 10.0. The number of aldehydes is 1. The molecule has 1 aromatic carbocycles. The number of thiazole rings is 1. The van der Waals surface area contributed by atoms with Gasteiger partial charge in [-0.05, 0) is 23.5 Å². The second kappa shape index (κ2) is 5.37. The lowest BCUT2D eigenvalue weighted by Gasteiger charge is -2.13. The molecule has 4 heteroatoms. The first kappa shape index (κ1) is 13.3. The van der Waals surface area contributed by atoms with E-state index in [1.807, 2.05) is 0 Å². The number of carbonyl (C=O) groups is 1. The SMILES string of the molecule is CCC(C)c1nc(N2Cc3ccccc3C2)sc1C=O. The van der Waals surface area contributed by atoms with Crippen LogP contribution in [0.25, 0.3) is 0 Å². The van der Waals surface area contributed by atoms with Crippen LogP contribution < -0.4 is 4.90 Å². The highest BCUT2D eigenvalue weighted by molar-refractivity contribution is 7.17. The van der Waals surface area contributed by atoms with Gasteiger partial charge in [-0.1, -0.05) is 49.4 Å². The summed E-state index contributed by atoms with van der Waals surface area (Å²) in [4.78, 5) is 19.0. The molecule has 3 rings (SSSR count). The Morgan fingerprint density at radius 2 is 2.00 bits per heavy atom. The molecule has 0 bridgehead atoms. The van der Waals surface area contributed by atoms with Crippen molar-refractivity contribution < 1.29 is 4.79 Å². The molecule has 0 N–H and O–H groups in total. The van der Waals surface area contributed by atoms with Gasteiger partial charge >= 0.3 is 0 Å². The summed E-state index contributed by atoms with van der Waals surface area (Å²) < 4.78 is 0. The molecule has 1 aliphatic rings. The van der Waals surface area contributed by atoms with Gasteiger partial charge in [-0.25, -0.2) is 4.98 Å². The number of carbonyl (C=O) groups excluding carboxylic acids is 1. The molecule has 1 aromatic heterocycles. The van der Waals surface area contributed by atoms with E-state index in [-0.39, 0.29) is 0 Å². The fourth-order valence-corrected chi connectivity index (χ4v) is 3.56. The molecule has 0 spiro atoms. The van der Waals surface area contributed by atoms with Crippen LogP contribution in [0.4, 0.5) is 5.13 Å². The molecule has 0 radical (unpaired) electrons. The van der Waals surface area contributed by atoms with Gasteiger partial charge in [-0.15, -0.1) is 0 Å². The van der Waals surface area contributed by atoms with Crippen LogP contribution >= 0.6 is 11.3 Å². The van der Waals surface area contributed by atoms with Crippen molar-refractivity contribution in [3.63, 3.8) is 0 Å². The molecule has 1 atom stereocenters. The molecule has 3 nitrogen and oxygen atoms in total. The minimum atomic E-state index is 0.338. The Kier molecular flexibility index (Phi) is 3.57. The molecule has 2 aromatic rings. The number of hydrogen-bond donors (Lipinski definition) is 0.